The van der Waals surface area contributed by atoms with Crippen molar-refractivity contribution in [1.29, 1.82) is 0 Å². The summed E-state index contributed by atoms with van der Waals surface area (Å²) in [5.41, 5.74) is -5.78. The van der Waals surface area contributed by atoms with Gasteiger partial charge in [-0.2, -0.15) is 0 Å². The van der Waals surface area contributed by atoms with Gasteiger partial charge in [-0.15, -0.1) is 0 Å². The van der Waals surface area contributed by atoms with E-state index in [2.05, 4.69) is 0 Å². The van der Waals surface area contributed by atoms with E-state index in [0.29, 0.717) is 19.3 Å². The van der Waals surface area contributed by atoms with E-state index in [1.165, 1.54) is 0 Å². The molecule has 6 nitrogen and oxygen atoms in total. The summed E-state index contributed by atoms with van der Waals surface area (Å²) in [5, 5.41) is 66.8. The largest absolute Gasteiger partial charge is 0.390 e. The Kier molecular flexibility index (Phi) is 3.69. The van der Waals surface area contributed by atoms with Gasteiger partial charge in [0.15, 0.2) is 0 Å². The van der Waals surface area contributed by atoms with Gasteiger partial charge in [0.1, 0.15) is 5.60 Å². The number of rotatable bonds is 0. The fourth-order valence-electron chi connectivity index (χ4n) is 7.89. The molecule has 0 aromatic heterocycles. The summed E-state index contributed by atoms with van der Waals surface area (Å²) in [6, 6.07) is 0. The molecule has 0 radical (unpaired) electrons. The summed E-state index contributed by atoms with van der Waals surface area (Å²) >= 11 is 0. The molecule has 6 N–H and O–H groups in total. The highest BCUT2D eigenvalue weighted by atomic mass is 16.4. The first-order chi connectivity index (χ1) is 11.7. The maximum atomic E-state index is 11.7. The smallest absolute Gasteiger partial charge is 0.106 e. The third kappa shape index (κ3) is 1.93. The molecule has 4 saturated carbocycles. The number of fused-ring (bicyclic) bond motifs is 2. The Morgan fingerprint density at radius 2 is 1.46 bits per heavy atom. The summed E-state index contributed by atoms with van der Waals surface area (Å²) in [6.45, 7) is 6.75. The number of hydrogen-bond acceptors (Lipinski definition) is 6. The van der Waals surface area contributed by atoms with Gasteiger partial charge in [-0.1, -0.05) is 13.8 Å². The molecule has 0 aromatic carbocycles. The van der Waals surface area contributed by atoms with Crippen LogP contribution in [0.2, 0.25) is 0 Å². The van der Waals surface area contributed by atoms with Crippen LogP contribution < -0.4 is 0 Å². The van der Waals surface area contributed by atoms with Crippen molar-refractivity contribution in [3.8, 4) is 0 Å². The highest BCUT2D eigenvalue weighted by molar-refractivity contribution is 5.26. The van der Waals surface area contributed by atoms with E-state index < -0.39 is 51.9 Å². The predicted molar refractivity (Wildman–Crippen MR) is 94.0 cm³/mol. The first-order valence-electron chi connectivity index (χ1n) is 9.93. The monoisotopic (exact) mass is 370 g/mol. The van der Waals surface area contributed by atoms with Crippen LogP contribution in [0.5, 0.6) is 0 Å². The minimum atomic E-state index is -1.81. The molecule has 0 saturated heterocycles. The van der Waals surface area contributed by atoms with Gasteiger partial charge in [-0.05, 0) is 63.2 Å². The van der Waals surface area contributed by atoms with Gasteiger partial charge in [0.05, 0.1) is 29.5 Å². The third-order valence-corrected chi connectivity index (χ3v) is 9.14. The second kappa shape index (κ2) is 5.02. The van der Waals surface area contributed by atoms with Crippen LogP contribution in [0.25, 0.3) is 0 Å². The van der Waals surface area contributed by atoms with E-state index in [1.54, 1.807) is 20.8 Å². The minimum absolute atomic E-state index is 0.123. The van der Waals surface area contributed by atoms with Crippen LogP contribution in [0, 0.1) is 28.6 Å². The van der Waals surface area contributed by atoms with Crippen molar-refractivity contribution in [2.75, 3.05) is 0 Å². The third-order valence-electron chi connectivity index (χ3n) is 9.14. The van der Waals surface area contributed by atoms with Gasteiger partial charge in [-0.3, -0.25) is 0 Å². The van der Waals surface area contributed by atoms with Crippen molar-refractivity contribution in [3.63, 3.8) is 0 Å². The molecule has 6 heteroatoms. The molecular formula is C20H34O6. The molecule has 4 aliphatic carbocycles. The van der Waals surface area contributed by atoms with Crippen LogP contribution in [0.1, 0.15) is 59.8 Å². The molecule has 0 aliphatic heterocycles. The predicted octanol–water partition coefficient (Wildman–Crippen LogP) is 0.168. The quantitative estimate of drug-likeness (QED) is 0.361. The fraction of sp³-hybridized carbons (Fsp3) is 1.00. The molecule has 4 rings (SSSR count). The molecule has 0 heterocycles. The van der Waals surface area contributed by atoms with E-state index >= 15 is 0 Å². The van der Waals surface area contributed by atoms with Gasteiger partial charge >= 0.3 is 0 Å². The van der Waals surface area contributed by atoms with Gasteiger partial charge in [0.2, 0.25) is 0 Å². The van der Waals surface area contributed by atoms with Gasteiger partial charge in [0.25, 0.3) is 0 Å². The minimum Gasteiger partial charge on any atom is -0.390 e. The van der Waals surface area contributed by atoms with E-state index in [0.717, 1.165) is 6.42 Å². The lowest BCUT2D eigenvalue weighted by atomic mass is 9.58. The molecule has 2 bridgehead atoms. The number of aliphatic hydroxyl groups is 6. The lowest BCUT2D eigenvalue weighted by Gasteiger charge is -2.50. The highest BCUT2D eigenvalue weighted by Gasteiger charge is 2.76. The van der Waals surface area contributed by atoms with Gasteiger partial charge < -0.3 is 30.6 Å². The van der Waals surface area contributed by atoms with E-state index in [1.807, 2.05) is 6.92 Å². The maximum Gasteiger partial charge on any atom is 0.106 e. The van der Waals surface area contributed by atoms with Crippen LogP contribution in [-0.4, -0.2) is 65.8 Å². The van der Waals surface area contributed by atoms with Crippen molar-refractivity contribution in [3.05, 3.63) is 0 Å². The number of hydrogen-bond donors (Lipinski definition) is 6. The fourth-order valence-corrected chi connectivity index (χ4v) is 7.89. The Morgan fingerprint density at radius 3 is 2.08 bits per heavy atom. The zero-order chi connectivity index (χ0) is 19.5. The standard InChI is InChI=1S/C20H34O6/c1-16(2)15(23)13(22)14-18(4,25)11-6-5-10-7-19(11,9-17(10,3)24)8-12(21)20(14,16)26/h10-15,21-26H,5-9H2,1-4H3. The summed E-state index contributed by atoms with van der Waals surface area (Å²) in [7, 11) is 0. The van der Waals surface area contributed by atoms with Crippen LogP contribution >= 0.6 is 0 Å². The Labute approximate surface area is 154 Å². The van der Waals surface area contributed by atoms with Crippen LogP contribution in [0.15, 0.2) is 0 Å². The first-order valence-corrected chi connectivity index (χ1v) is 9.93. The molecule has 10 unspecified atom stereocenters. The zero-order valence-corrected chi connectivity index (χ0v) is 16.2. The highest BCUT2D eigenvalue weighted by Crippen LogP contribution is 2.69. The summed E-state index contributed by atoms with van der Waals surface area (Å²) < 4.78 is 0. The molecule has 0 aromatic rings. The van der Waals surface area contributed by atoms with Crippen molar-refractivity contribution >= 4 is 0 Å². The van der Waals surface area contributed by atoms with E-state index in [4.69, 9.17) is 0 Å². The average molecular weight is 370 g/mol. The molecule has 150 valence electrons. The first kappa shape index (κ1) is 19.1. The Morgan fingerprint density at radius 1 is 0.846 bits per heavy atom. The SMILES string of the molecule is CC1(O)CC23CC1CCC2C(C)(O)C1C(O)C(O)C(C)(C)C1(O)C(O)C3. The zero-order valence-electron chi connectivity index (χ0n) is 16.2. The Hall–Kier alpha value is -0.240. The molecule has 4 fully saturated rings. The molecule has 26 heavy (non-hydrogen) atoms. The lowest BCUT2D eigenvalue weighted by molar-refractivity contribution is -0.207. The average Bonchev–Trinajstić information content (AvgIpc) is 2.75. The van der Waals surface area contributed by atoms with Crippen LogP contribution in [-0.2, 0) is 0 Å². The van der Waals surface area contributed by atoms with Crippen molar-refractivity contribution in [2.24, 2.45) is 28.6 Å². The maximum absolute atomic E-state index is 11.7. The second-order valence-corrected chi connectivity index (χ2v) is 10.8. The van der Waals surface area contributed by atoms with E-state index in [-0.39, 0.29) is 18.3 Å². The molecule has 0 amide bonds. The summed E-state index contributed by atoms with van der Waals surface area (Å²) in [4.78, 5) is 0. The van der Waals surface area contributed by atoms with Gasteiger partial charge in [-0.25, -0.2) is 0 Å². The molecular weight excluding hydrogens is 336 g/mol. The van der Waals surface area contributed by atoms with Crippen molar-refractivity contribution in [1.82, 2.24) is 0 Å². The van der Waals surface area contributed by atoms with Crippen LogP contribution in [0.4, 0.5) is 0 Å². The van der Waals surface area contributed by atoms with Crippen molar-refractivity contribution in [2.45, 2.75) is 94.9 Å². The van der Waals surface area contributed by atoms with Crippen LogP contribution in [0.3, 0.4) is 0 Å². The summed E-state index contributed by atoms with van der Waals surface area (Å²) in [5.74, 6) is -1.19. The van der Waals surface area contributed by atoms with E-state index in [9.17, 15) is 30.6 Å². The topological polar surface area (TPSA) is 121 Å². The normalized spacial score (nSPS) is 63.9. The Bertz CT molecular complexity index is 615. The van der Waals surface area contributed by atoms with Gasteiger partial charge in [0, 0.05) is 11.3 Å². The second-order valence-electron chi connectivity index (χ2n) is 10.8. The molecule has 4 aliphatic rings. The summed E-state index contributed by atoms with van der Waals surface area (Å²) in [6.07, 6.45) is -0.862. The number of aliphatic hydroxyl groups excluding tert-OH is 3. The molecule has 1 spiro atoms. The van der Waals surface area contributed by atoms with Crippen molar-refractivity contribution < 1.29 is 30.6 Å². The lowest BCUT2D eigenvalue weighted by Crippen LogP contribution is -2.61. The Balaban J connectivity index is 1.89. The molecule has 10 atom stereocenters.